The molecule has 0 fully saturated rings. The predicted molar refractivity (Wildman–Crippen MR) is 31.9 cm³/mol. The van der Waals surface area contributed by atoms with E-state index in [2.05, 4.69) is 4.99 Å². The van der Waals surface area contributed by atoms with E-state index in [9.17, 15) is 13.2 Å². The van der Waals surface area contributed by atoms with Crippen LogP contribution < -0.4 is 0 Å². The van der Waals surface area contributed by atoms with Crippen molar-refractivity contribution in [1.82, 2.24) is 0 Å². The number of halogens is 3. The van der Waals surface area contributed by atoms with Gasteiger partial charge in [-0.2, -0.15) is 13.2 Å². The summed E-state index contributed by atoms with van der Waals surface area (Å²) < 4.78 is 35.3. The highest BCUT2D eigenvalue weighted by Crippen LogP contribution is 2.28. The summed E-state index contributed by atoms with van der Waals surface area (Å²) >= 11 is 0. The van der Waals surface area contributed by atoms with Crippen molar-refractivity contribution in [2.24, 2.45) is 4.99 Å². The lowest BCUT2D eigenvalue weighted by atomic mass is 10.2. The van der Waals surface area contributed by atoms with Crippen LogP contribution in [-0.4, -0.2) is 12.4 Å². The Morgan fingerprint density at radius 2 is 2.00 bits per heavy atom. The molecule has 0 aromatic carbocycles. The largest absolute Gasteiger partial charge is 0.432 e. The Morgan fingerprint density at radius 3 is 2.30 bits per heavy atom. The molecule has 0 N–H and O–H groups in total. The van der Waals surface area contributed by atoms with Gasteiger partial charge in [0, 0.05) is 6.21 Å². The van der Waals surface area contributed by atoms with Crippen molar-refractivity contribution in [2.45, 2.75) is 19.0 Å². The average Bonchev–Trinajstić information content (AvgIpc) is 1.88. The fourth-order valence-corrected chi connectivity index (χ4v) is 0.699. The average molecular weight is 149 g/mol. The van der Waals surface area contributed by atoms with Crippen molar-refractivity contribution < 1.29 is 13.2 Å². The van der Waals surface area contributed by atoms with Gasteiger partial charge in [-0.05, 0) is 12.8 Å². The van der Waals surface area contributed by atoms with E-state index in [0.29, 0.717) is 12.8 Å². The molecule has 0 bridgehead atoms. The second kappa shape index (κ2) is 2.44. The van der Waals surface area contributed by atoms with Gasteiger partial charge in [0.1, 0.15) is 5.70 Å². The molecule has 1 aliphatic rings. The standard InChI is InChI=1S/C6H6F3N/c7-6(8,9)5-3-1-2-4-10-5/h3-4H,1-2H2. The first kappa shape index (κ1) is 7.31. The second-order valence-electron chi connectivity index (χ2n) is 1.98. The molecule has 0 aromatic heterocycles. The molecule has 0 amide bonds. The van der Waals surface area contributed by atoms with Crippen LogP contribution in [0.2, 0.25) is 0 Å². The molecule has 0 saturated heterocycles. The number of hydrogen-bond donors (Lipinski definition) is 0. The topological polar surface area (TPSA) is 12.4 Å². The Balaban J connectivity index is 2.73. The number of allylic oxidation sites excluding steroid dienone is 2. The predicted octanol–water partition coefficient (Wildman–Crippen LogP) is 2.30. The molecule has 0 atom stereocenters. The number of nitrogens with zero attached hydrogens (tertiary/aromatic N) is 1. The van der Waals surface area contributed by atoms with E-state index in [-0.39, 0.29) is 0 Å². The molecule has 0 spiro atoms. The maximum absolute atomic E-state index is 11.8. The first-order valence-electron chi connectivity index (χ1n) is 2.90. The molecule has 56 valence electrons. The molecule has 0 unspecified atom stereocenters. The summed E-state index contributed by atoms with van der Waals surface area (Å²) in [6.07, 6.45) is -0.808. The summed E-state index contributed by atoms with van der Waals surface area (Å²) in [7, 11) is 0. The molecular formula is C6H6F3N. The Kier molecular flexibility index (Phi) is 1.78. The minimum atomic E-state index is -4.27. The molecule has 10 heavy (non-hydrogen) atoms. The normalized spacial score (nSPS) is 18.9. The van der Waals surface area contributed by atoms with Crippen LogP contribution in [0.15, 0.2) is 16.8 Å². The van der Waals surface area contributed by atoms with Crippen molar-refractivity contribution in [3.8, 4) is 0 Å². The lowest BCUT2D eigenvalue weighted by molar-refractivity contribution is -0.0926. The highest BCUT2D eigenvalue weighted by molar-refractivity contribution is 5.61. The van der Waals surface area contributed by atoms with E-state index in [0.717, 1.165) is 6.08 Å². The number of alkyl halides is 3. The van der Waals surface area contributed by atoms with E-state index in [4.69, 9.17) is 0 Å². The Bertz CT molecular complexity index is 178. The lowest BCUT2D eigenvalue weighted by Crippen LogP contribution is -2.11. The van der Waals surface area contributed by atoms with Gasteiger partial charge in [-0.1, -0.05) is 6.08 Å². The van der Waals surface area contributed by atoms with Crippen LogP contribution in [0.3, 0.4) is 0 Å². The molecule has 1 aliphatic heterocycles. The van der Waals surface area contributed by atoms with Crippen LogP contribution in [-0.2, 0) is 0 Å². The number of rotatable bonds is 0. The highest BCUT2D eigenvalue weighted by Gasteiger charge is 2.33. The Hall–Kier alpha value is -0.800. The van der Waals surface area contributed by atoms with Crippen LogP contribution in [0.5, 0.6) is 0 Å². The maximum atomic E-state index is 11.8. The Labute approximate surface area is 56.3 Å². The van der Waals surface area contributed by atoms with Gasteiger partial charge >= 0.3 is 6.18 Å². The van der Waals surface area contributed by atoms with Gasteiger partial charge in [-0.25, -0.2) is 0 Å². The summed E-state index contributed by atoms with van der Waals surface area (Å²) in [6, 6.07) is 0. The fraction of sp³-hybridized carbons (Fsp3) is 0.500. The van der Waals surface area contributed by atoms with E-state index in [1.807, 2.05) is 0 Å². The van der Waals surface area contributed by atoms with Crippen molar-refractivity contribution in [2.75, 3.05) is 0 Å². The number of hydrogen-bond acceptors (Lipinski definition) is 1. The summed E-state index contributed by atoms with van der Waals surface area (Å²) in [4.78, 5) is 3.21. The lowest BCUT2D eigenvalue weighted by Gasteiger charge is -2.08. The minimum Gasteiger partial charge on any atom is -0.256 e. The smallest absolute Gasteiger partial charge is 0.256 e. The molecule has 0 radical (unpaired) electrons. The summed E-state index contributed by atoms with van der Waals surface area (Å²) in [5, 5.41) is 0. The summed E-state index contributed by atoms with van der Waals surface area (Å²) in [5.74, 6) is 0. The Morgan fingerprint density at radius 1 is 1.30 bits per heavy atom. The molecule has 0 saturated carbocycles. The molecular weight excluding hydrogens is 143 g/mol. The van der Waals surface area contributed by atoms with Crippen molar-refractivity contribution >= 4 is 6.21 Å². The van der Waals surface area contributed by atoms with E-state index in [1.54, 1.807) is 0 Å². The van der Waals surface area contributed by atoms with Gasteiger partial charge in [0.05, 0.1) is 0 Å². The molecule has 1 rings (SSSR count). The second-order valence-corrected chi connectivity index (χ2v) is 1.98. The summed E-state index contributed by atoms with van der Waals surface area (Å²) in [6.45, 7) is 0. The fourth-order valence-electron chi connectivity index (χ4n) is 0.699. The van der Waals surface area contributed by atoms with Gasteiger partial charge in [0.25, 0.3) is 0 Å². The maximum Gasteiger partial charge on any atom is 0.432 e. The van der Waals surface area contributed by atoms with E-state index in [1.165, 1.54) is 6.21 Å². The minimum absolute atomic E-state index is 0.443. The van der Waals surface area contributed by atoms with Gasteiger partial charge in [0.2, 0.25) is 0 Å². The zero-order valence-electron chi connectivity index (χ0n) is 5.15. The number of aliphatic imine (C=N–C) groups is 1. The van der Waals surface area contributed by atoms with Crippen LogP contribution in [0.4, 0.5) is 13.2 Å². The van der Waals surface area contributed by atoms with Crippen LogP contribution in [0.1, 0.15) is 12.8 Å². The van der Waals surface area contributed by atoms with Crippen molar-refractivity contribution in [1.29, 1.82) is 0 Å². The van der Waals surface area contributed by atoms with Crippen molar-refractivity contribution in [3.05, 3.63) is 11.8 Å². The molecule has 4 heteroatoms. The van der Waals surface area contributed by atoms with Gasteiger partial charge in [-0.15, -0.1) is 0 Å². The van der Waals surface area contributed by atoms with Crippen LogP contribution in [0.25, 0.3) is 0 Å². The van der Waals surface area contributed by atoms with Gasteiger partial charge in [-0.3, -0.25) is 4.99 Å². The van der Waals surface area contributed by atoms with E-state index >= 15 is 0 Å². The quantitative estimate of drug-likeness (QED) is 0.501. The monoisotopic (exact) mass is 149 g/mol. The van der Waals surface area contributed by atoms with Crippen LogP contribution in [0, 0.1) is 0 Å². The molecule has 1 heterocycles. The zero-order valence-corrected chi connectivity index (χ0v) is 5.15. The first-order valence-corrected chi connectivity index (χ1v) is 2.90. The SMILES string of the molecule is FC(F)(F)C1=CCCC=N1. The zero-order chi connectivity index (χ0) is 7.61. The van der Waals surface area contributed by atoms with Crippen LogP contribution >= 0.6 is 0 Å². The molecule has 0 aromatic rings. The van der Waals surface area contributed by atoms with E-state index < -0.39 is 11.9 Å². The third-order valence-corrected chi connectivity index (χ3v) is 1.15. The molecule has 1 nitrogen and oxygen atoms in total. The van der Waals surface area contributed by atoms with Crippen molar-refractivity contribution in [3.63, 3.8) is 0 Å². The third kappa shape index (κ3) is 1.59. The highest BCUT2D eigenvalue weighted by atomic mass is 19.4. The van der Waals surface area contributed by atoms with Gasteiger partial charge in [0.15, 0.2) is 0 Å². The summed E-state index contributed by atoms with van der Waals surface area (Å²) in [5.41, 5.74) is -0.765. The molecule has 0 aliphatic carbocycles. The van der Waals surface area contributed by atoms with Gasteiger partial charge < -0.3 is 0 Å². The first-order chi connectivity index (χ1) is 4.61. The third-order valence-electron chi connectivity index (χ3n) is 1.15.